The number of carbonyl (C=O) groups is 2. The summed E-state index contributed by atoms with van der Waals surface area (Å²) in [4.78, 5) is 23.6. The highest BCUT2D eigenvalue weighted by Crippen LogP contribution is 2.18. The molecule has 0 fully saturated rings. The molecule has 2 rings (SSSR count). The zero-order valence-corrected chi connectivity index (χ0v) is 13.4. The minimum atomic E-state index is -0.609. The van der Waals surface area contributed by atoms with Gasteiger partial charge < -0.3 is 14.2 Å². The molecule has 24 heavy (non-hydrogen) atoms. The molecule has 0 atom stereocenters. The number of ketones is 1. The van der Waals surface area contributed by atoms with Crippen LogP contribution >= 0.6 is 0 Å². The van der Waals surface area contributed by atoms with Gasteiger partial charge in [-0.15, -0.1) is 0 Å². The fourth-order valence-corrected chi connectivity index (χ4v) is 1.97. The molecule has 2 aromatic carbocycles. The Labute approximate surface area is 139 Å². The Balaban J connectivity index is 1.96. The third-order valence-corrected chi connectivity index (χ3v) is 3.21. The monoisotopic (exact) mass is 332 g/mol. The van der Waals surface area contributed by atoms with Gasteiger partial charge in [0.1, 0.15) is 5.75 Å². The Morgan fingerprint density at radius 3 is 2.29 bits per heavy atom. The molecule has 126 valence electrons. The van der Waals surface area contributed by atoms with Gasteiger partial charge in [-0.2, -0.15) is 0 Å². The molecule has 6 heteroatoms. The molecule has 0 aliphatic carbocycles. The Kier molecular flexibility index (Phi) is 5.89. The zero-order valence-electron chi connectivity index (χ0n) is 13.4. The van der Waals surface area contributed by atoms with Crippen molar-refractivity contribution in [3.05, 3.63) is 59.4 Å². The molecule has 0 N–H and O–H groups in total. The third-order valence-electron chi connectivity index (χ3n) is 3.21. The number of benzene rings is 2. The molecule has 0 saturated heterocycles. The van der Waals surface area contributed by atoms with Crippen LogP contribution in [0.5, 0.6) is 11.5 Å². The topological polar surface area (TPSA) is 61.8 Å². The van der Waals surface area contributed by atoms with Gasteiger partial charge in [0.25, 0.3) is 0 Å². The summed E-state index contributed by atoms with van der Waals surface area (Å²) in [5, 5.41) is 0. The number of carbonyl (C=O) groups excluding carboxylic acids is 2. The summed E-state index contributed by atoms with van der Waals surface area (Å²) in [6.07, 6.45) is 0. The van der Waals surface area contributed by atoms with Crippen LogP contribution in [0.25, 0.3) is 0 Å². The minimum absolute atomic E-state index is 0.0713. The molecular weight excluding hydrogens is 315 g/mol. The molecule has 0 aliphatic rings. The molecule has 2 aromatic rings. The van der Waals surface area contributed by atoms with E-state index >= 15 is 0 Å². The van der Waals surface area contributed by atoms with Crippen LogP contribution in [0.1, 0.15) is 27.6 Å². The summed E-state index contributed by atoms with van der Waals surface area (Å²) >= 11 is 0. The molecule has 0 bridgehead atoms. The summed E-state index contributed by atoms with van der Waals surface area (Å²) in [7, 11) is 1.35. The number of methoxy groups -OCH3 is 1. The molecular formula is C18H17FO5. The van der Waals surface area contributed by atoms with Gasteiger partial charge in [0.05, 0.1) is 19.3 Å². The van der Waals surface area contributed by atoms with Crippen molar-refractivity contribution in [1.29, 1.82) is 0 Å². The number of Topliss-reactive ketones (excluding diaryl/α,β-unsaturated/α-hetero) is 1. The predicted molar refractivity (Wildman–Crippen MR) is 85.2 cm³/mol. The molecule has 0 amide bonds. The van der Waals surface area contributed by atoms with E-state index in [0.29, 0.717) is 17.9 Å². The van der Waals surface area contributed by atoms with Crippen molar-refractivity contribution in [3.8, 4) is 11.5 Å². The van der Waals surface area contributed by atoms with Crippen LogP contribution in [-0.4, -0.2) is 32.1 Å². The van der Waals surface area contributed by atoms with Crippen molar-refractivity contribution in [3.63, 3.8) is 0 Å². The molecule has 0 heterocycles. The lowest BCUT2D eigenvalue weighted by atomic mass is 10.1. The first-order chi connectivity index (χ1) is 11.5. The van der Waals surface area contributed by atoms with E-state index in [9.17, 15) is 14.0 Å². The summed E-state index contributed by atoms with van der Waals surface area (Å²) in [6.45, 7) is 1.78. The first-order valence-corrected chi connectivity index (χ1v) is 7.32. The fourth-order valence-electron chi connectivity index (χ4n) is 1.97. The van der Waals surface area contributed by atoms with Gasteiger partial charge in [0.2, 0.25) is 0 Å². The SMILES string of the molecule is CCOC(=O)c1ccc(OCC(=O)c2ccc(OC)c(F)c2)cc1. The van der Waals surface area contributed by atoms with Crippen LogP contribution in [0.2, 0.25) is 0 Å². The Morgan fingerprint density at radius 1 is 1.04 bits per heavy atom. The van der Waals surface area contributed by atoms with E-state index < -0.39 is 11.8 Å². The number of hydrogen-bond acceptors (Lipinski definition) is 5. The van der Waals surface area contributed by atoms with E-state index in [0.717, 1.165) is 6.07 Å². The van der Waals surface area contributed by atoms with Crippen molar-refractivity contribution >= 4 is 11.8 Å². The maximum Gasteiger partial charge on any atom is 0.338 e. The summed E-state index contributed by atoms with van der Waals surface area (Å²) in [5.74, 6) is -0.908. The van der Waals surface area contributed by atoms with Crippen molar-refractivity contribution in [2.24, 2.45) is 0 Å². The van der Waals surface area contributed by atoms with Gasteiger partial charge >= 0.3 is 5.97 Å². The predicted octanol–water partition coefficient (Wildman–Crippen LogP) is 3.27. The maximum atomic E-state index is 13.6. The normalized spacial score (nSPS) is 10.1. The largest absolute Gasteiger partial charge is 0.494 e. The van der Waals surface area contributed by atoms with Gasteiger partial charge in [-0.25, -0.2) is 9.18 Å². The molecule has 0 aromatic heterocycles. The second-order valence-corrected chi connectivity index (χ2v) is 4.81. The number of halogens is 1. The fraction of sp³-hybridized carbons (Fsp3) is 0.222. The van der Waals surface area contributed by atoms with Crippen LogP contribution in [-0.2, 0) is 4.74 Å². The van der Waals surface area contributed by atoms with Crippen molar-refractivity contribution in [2.45, 2.75) is 6.92 Å². The van der Waals surface area contributed by atoms with Crippen LogP contribution < -0.4 is 9.47 Å². The highest BCUT2D eigenvalue weighted by atomic mass is 19.1. The molecule has 0 unspecified atom stereocenters. The minimum Gasteiger partial charge on any atom is -0.494 e. The van der Waals surface area contributed by atoms with E-state index in [2.05, 4.69) is 0 Å². The first kappa shape index (κ1) is 17.5. The van der Waals surface area contributed by atoms with Crippen LogP contribution in [0, 0.1) is 5.82 Å². The second kappa shape index (κ2) is 8.10. The quantitative estimate of drug-likeness (QED) is 0.575. The van der Waals surface area contributed by atoms with Gasteiger partial charge in [-0.05, 0) is 49.4 Å². The average molecular weight is 332 g/mol. The van der Waals surface area contributed by atoms with Gasteiger partial charge in [-0.3, -0.25) is 4.79 Å². The zero-order chi connectivity index (χ0) is 17.5. The van der Waals surface area contributed by atoms with E-state index in [1.807, 2.05) is 0 Å². The van der Waals surface area contributed by atoms with Crippen molar-refractivity contribution in [2.75, 3.05) is 20.3 Å². The molecule has 0 saturated carbocycles. The highest BCUT2D eigenvalue weighted by Gasteiger charge is 2.11. The van der Waals surface area contributed by atoms with E-state index in [1.165, 1.54) is 19.2 Å². The first-order valence-electron chi connectivity index (χ1n) is 7.32. The lowest BCUT2D eigenvalue weighted by Gasteiger charge is -2.08. The van der Waals surface area contributed by atoms with Crippen LogP contribution in [0.15, 0.2) is 42.5 Å². The summed E-state index contributed by atoms with van der Waals surface area (Å²) < 4.78 is 28.6. The Morgan fingerprint density at radius 2 is 1.71 bits per heavy atom. The van der Waals surface area contributed by atoms with Crippen molar-refractivity contribution < 1.29 is 28.2 Å². The number of rotatable bonds is 7. The highest BCUT2D eigenvalue weighted by molar-refractivity contribution is 5.97. The maximum absolute atomic E-state index is 13.6. The van der Waals surface area contributed by atoms with E-state index in [1.54, 1.807) is 31.2 Å². The van der Waals surface area contributed by atoms with Crippen LogP contribution in [0.3, 0.4) is 0 Å². The third kappa shape index (κ3) is 4.32. The Hall–Kier alpha value is -2.89. The molecule has 0 aliphatic heterocycles. The number of hydrogen-bond donors (Lipinski definition) is 0. The second-order valence-electron chi connectivity index (χ2n) is 4.81. The van der Waals surface area contributed by atoms with Gasteiger partial charge in [0, 0.05) is 5.56 Å². The van der Waals surface area contributed by atoms with Crippen LogP contribution in [0.4, 0.5) is 4.39 Å². The standard InChI is InChI=1S/C18H17FO5/c1-3-23-18(21)12-4-7-14(8-5-12)24-11-16(20)13-6-9-17(22-2)15(19)10-13/h4-10H,3,11H2,1-2H3. The lowest BCUT2D eigenvalue weighted by molar-refractivity contribution is 0.0526. The van der Waals surface area contributed by atoms with E-state index in [4.69, 9.17) is 14.2 Å². The number of esters is 1. The summed E-state index contributed by atoms with van der Waals surface area (Å²) in [6, 6.07) is 10.2. The average Bonchev–Trinajstić information content (AvgIpc) is 2.60. The molecule has 0 radical (unpaired) electrons. The summed E-state index contributed by atoms with van der Waals surface area (Å²) in [5.41, 5.74) is 0.587. The van der Waals surface area contributed by atoms with E-state index in [-0.39, 0.29) is 23.7 Å². The molecule has 5 nitrogen and oxygen atoms in total. The Bertz CT molecular complexity index is 725. The lowest BCUT2D eigenvalue weighted by Crippen LogP contribution is -2.12. The van der Waals surface area contributed by atoms with Gasteiger partial charge in [-0.1, -0.05) is 0 Å². The van der Waals surface area contributed by atoms with Crippen molar-refractivity contribution in [1.82, 2.24) is 0 Å². The molecule has 0 spiro atoms. The number of ether oxygens (including phenoxy) is 3. The van der Waals surface area contributed by atoms with Gasteiger partial charge in [0.15, 0.2) is 24.0 Å². The smallest absolute Gasteiger partial charge is 0.338 e.